The third-order valence-corrected chi connectivity index (χ3v) is 4.46. The van der Waals surface area contributed by atoms with Gasteiger partial charge >= 0.3 is 0 Å². The number of nitrogens with zero attached hydrogens (tertiary/aromatic N) is 1. The summed E-state index contributed by atoms with van der Waals surface area (Å²) in [5.41, 5.74) is 7.50. The Morgan fingerprint density at radius 3 is 2.50 bits per heavy atom. The lowest BCUT2D eigenvalue weighted by atomic mass is 10.1. The fourth-order valence-electron chi connectivity index (χ4n) is 2.22. The molecule has 6 nitrogen and oxygen atoms in total. The maximum atomic E-state index is 11.9. The average Bonchev–Trinajstić information content (AvgIpc) is 2.57. The van der Waals surface area contributed by atoms with Gasteiger partial charge in [-0.1, -0.05) is 12.1 Å². The molecule has 0 aromatic heterocycles. The summed E-state index contributed by atoms with van der Waals surface area (Å²) in [6, 6.07) is 7.61. The molecule has 1 aromatic carbocycles. The van der Waals surface area contributed by atoms with Crippen LogP contribution in [0.15, 0.2) is 24.3 Å². The Balaban J connectivity index is 0.00000288. The summed E-state index contributed by atoms with van der Waals surface area (Å²) in [4.78, 5) is 25.4. The normalized spacial score (nSPS) is 13.9. The minimum Gasteiger partial charge on any atom is -0.399 e. The van der Waals surface area contributed by atoms with Gasteiger partial charge in [0.15, 0.2) is 0 Å². The number of rotatable bonds is 7. The zero-order valence-electron chi connectivity index (χ0n) is 13.5. The van der Waals surface area contributed by atoms with Crippen molar-refractivity contribution in [3.63, 3.8) is 0 Å². The van der Waals surface area contributed by atoms with Gasteiger partial charge in [0, 0.05) is 25.3 Å². The van der Waals surface area contributed by atoms with E-state index in [1.165, 1.54) is 11.8 Å². The van der Waals surface area contributed by atoms with E-state index in [1.54, 1.807) is 4.90 Å². The number of benzene rings is 1. The molecule has 8 heteroatoms. The van der Waals surface area contributed by atoms with E-state index in [0.29, 0.717) is 44.4 Å². The molecule has 0 atom stereocenters. The van der Waals surface area contributed by atoms with Gasteiger partial charge in [-0.3, -0.25) is 9.59 Å². The zero-order valence-corrected chi connectivity index (χ0v) is 15.2. The van der Waals surface area contributed by atoms with Crippen molar-refractivity contribution in [2.75, 3.05) is 50.1 Å². The highest BCUT2D eigenvalue weighted by Crippen LogP contribution is 2.06. The maximum Gasteiger partial charge on any atom is 0.232 e. The van der Waals surface area contributed by atoms with E-state index in [2.05, 4.69) is 5.32 Å². The molecule has 3 N–H and O–H groups in total. The van der Waals surface area contributed by atoms with Crippen LogP contribution in [0.5, 0.6) is 0 Å². The molecular formula is C16H24ClN3O3S. The van der Waals surface area contributed by atoms with E-state index in [9.17, 15) is 9.59 Å². The summed E-state index contributed by atoms with van der Waals surface area (Å²) in [5, 5.41) is 2.86. The van der Waals surface area contributed by atoms with Crippen molar-refractivity contribution >= 4 is 41.7 Å². The monoisotopic (exact) mass is 373 g/mol. The molecule has 1 heterocycles. The molecule has 0 radical (unpaired) electrons. The quantitative estimate of drug-likeness (QED) is 0.695. The molecule has 0 saturated carbocycles. The Kier molecular flexibility index (Phi) is 9.59. The number of nitrogen functional groups attached to an aromatic ring is 1. The van der Waals surface area contributed by atoms with Gasteiger partial charge in [-0.05, 0) is 24.1 Å². The molecule has 1 aromatic rings. The van der Waals surface area contributed by atoms with Crippen LogP contribution in [-0.4, -0.2) is 61.1 Å². The highest BCUT2D eigenvalue weighted by molar-refractivity contribution is 8.00. The lowest BCUT2D eigenvalue weighted by Crippen LogP contribution is -2.41. The molecule has 0 aliphatic carbocycles. The summed E-state index contributed by atoms with van der Waals surface area (Å²) in [5.74, 6) is 0.677. The van der Waals surface area contributed by atoms with Crippen LogP contribution >= 0.6 is 24.2 Å². The van der Waals surface area contributed by atoms with Crippen molar-refractivity contribution in [2.24, 2.45) is 0 Å². The van der Waals surface area contributed by atoms with Gasteiger partial charge in [0.1, 0.15) is 0 Å². The number of carbonyl (C=O) groups excluding carboxylic acids is 2. The number of morpholine rings is 1. The average molecular weight is 374 g/mol. The van der Waals surface area contributed by atoms with Gasteiger partial charge in [0.05, 0.1) is 24.7 Å². The number of hydrogen-bond donors (Lipinski definition) is 2. The first-order valence-corrected chi connectivity index (χ1v) is 8.85. The predicted molar refractivity (Wildman–Crippen MR) is 99.5 cm³/mol. The molecule has 0 bridgehead atoms. The SMILES string of the molecule is Cl.Nc1ccc(CCNC(=O)CSCC(=O)N2CCOCC2)cc1. The molecule has 134 valence electrons. The van der Waals surface area contributed by atoms with Crippen molar-refractivity contribution in [2.45, 2.75) is 6.42 Å². The first kappa shape index (κ1) is 20.6. The number of ether oxygens (including phenoxy) is 1. The lowest BCUT2D eigenvalue weighted by Gasteiger charge is -2.26. The number of hydrogen-bond acceptors (Lipinski definition) is 5. The molecule has 0 unspecified atom stereocenters. The van der Waals surface area contributed by atoms with Gasteiger partial charge in [-0.2, -0.15) is 0 Å². The summed E-state index contributed by atoms with van der Waals surface area (Å²) < 4.78 is 5.21. The highest BCUT2D eigenvalue weighted by Gasteiger charge is 2.16. The van der Waals surface area contributed by atoms with Crippen molar-refractivity contribution in [3.8, 4) is 0 Å². The molecule has 1 aliphatic heterocycles. The molecule has 2 rings (SSSR count). The van der Waals surface area contributed by atoms with Crippen molar-refractivity contribution in [1.29, 1.82) is 0 Å². The predicted octanol–water partition coefficient (Wildman–Crippen LogP) is 0.941. The van der Waals surface area contributed by atoms with Crippen LogP contribution in [0.2, 0.25) is 0 Å². The van der Waals surface area contributed by atoms with E-state index in [4.69, 9.17) is 10.5 Å². The van der Waals surface area contributed by atoms with Crippen LogP contribution in [-0.2, 0) is 20.7 Å². The van der Waals surface area contributed by atoms with Crippen LogP contribution in [0.4, 0.5) is 5.69 Å². The fraction of sp³-hybridized carbons (Fsp3) is 0.500. The Morgan fingerprint density at radius 2 is 1.83 bits per heavy atom. The minimum atomic E-state index is -0.0415. The molecular weight excluding hydrogens is 350 g/mol. The summed E-state index contributed by atoms with van der Waals surface area (Å²) in [7, 11) is 0. The van der Waals surface area contributed by atoms with Gasteiger partial charge in [0.25, 0.3) is 0 Å². The van der Waals surface area contributed by atoms with E-state index < -0.39 is 0 Å². The number of nitrogens with two attached hydrogens (primary N) is 1. The minimum absolute atomic E-state index is 0. The number of carbonyl (C=O) groups is 2. The van der Waals surface area contributed by atoms with Crippen molar-refractivity contribution < 1.29 is 14.3 Å². The Bertz CT molecular complexity index is 522. The number of amides is 2. The highest BCUT2D eigenvalue weighted by atomic mass is 35.5. The van der Waals surface area contributed by atoms with Crippen LogP contribution in [0, 0.1) is 0 Å². The Labute approximate surface area is 152 Å². The summed E-state index contributed by atoms with van der Waals surface area (Å²) in [6.07, 6.45) is 0.767. The maximum absolute atomic E-state index is 11.9. The number of thioether (sulfide) groups is 1. The number of nitrogens with one attached hydrogen (secondary N) is 1. The molecule has 2 amide bonds. The smallest absolute Gasteiger partial charge is 0.232 e. The van der Waals surface area contributed by atoms with Crippen molar-refractivity contribution in [3.05, 3.63) is 29.8 Å². The van der Waals surface area contributed by atoms with Gasteiger partial charge in [0.2, 0.25) is 11.8 Å². The van der Waals surface area contributed by atoms with Gasteiger partial charge in [-0.25, -0.2) is 0 Å². The first-order chi connectivity index (χ1) is 11.1. The largest absolute Gasteiger partial charge is 0.399 e. The molecule has 1 saturated heterocycles. The van der Waals surface area contributed by atoms with Gasteiger partial charge in [-0.15, -0.1) is 24.2 Å². The van der Waals surface area contributed by atoms with Gasteiger partial charge < -0.3 is 20.7 Å². The lowest BCUT2D eigenvalue weighted by molar-refractivity contribution is -0.132. The topological polar surface area (TPSA) is 84.7 Å². The standard InChI is InChI=1S/C16H23N3O3S.ClH/c17-14-3-1-13(2-4-14)5-6-18-15(20)11-23-12-16(21)19-7-9-22-10-8-19;/h1-4H,5-12,17H2,(H,18,20);1H. The molecule has 24 heavy (non-hydrogen) atoms. The molecule has 0 spiro atoms. The Morgan fingerprint density at radius 1 is 1.17 bits per heavy atom. The van der Waals surface area contributed by atoms with E-state index in [0.717, 1.165) is 17.7 Å². The number of halogens is 1. The van der Waals surface area contributed by atoms with E-state index in [1.807, 2.05) is 24.3 Å². The first-order valence-electron chi connectivity index (χ1n) is 7.69. The second-order valence-corrected chi connectivity index (χ2v) is 6.31. The summed E-state index contributed by atoms with van der Waals surface area (Å²) >= 11 is 1.35. The van der Waals surface area contributed by atoms with Crippen LogP contribution in [0.25, 0.3) is 0 Å². The van der Waals surface area contributed by atoms with E-state index in [-0.39, 0.29) is 24.2 Å². The fourth-order valence-corrected chi connectivity index (χ4v) is 2.96. The van der Waals surface area contributed by atoms with Crippen molar-refractivity contribution in [1.82, 2.24) is 10.2 Å². The van der Waals surface area contributed by atoms with Crippen LogP contribution in [0.1, 0.15) is 5.56 Å². The van der Waals surface area contributed by atoms with E-state index >= 15 is 0 Å². The summed E-state index contributed by atoms with van der Waals surface area (Å²) in [6.45, 7) is 3.07. The third-order valence-electron chi connectivity index (χ3n) is 3.54. The van der Waals surface area contributed by atoms with Crippen LogP contribution < -0.4 is 11.1 Å². The second kappa shape index (κ2) is 11.2. The second-order valence-electron chi connectivity index (χ2n) is 5.33. The molecule has 1 aliphatic rings. The van der Waals surface area contributed by atoms with Crippen LogP contribution in [0.3, 0.4) is 0 Å². The molecule has 1 fully saturated rings. The Hall–Kier alpha value is -1.44. The third kappa shape index (κ3) is 7.42. The number of anilines is 1. The zero-order chi connectivity index (χ0) is 16.5.